The van der Waals surface area contributed by atoms with E-state index in [0.717, 1.165) is 6.54 Å². The molecule has 0 bridgehead atoms. The first-order valence-electron chi connectivity index (χ1n) is 6.18. The Morgan fingerprint density at radius 3 is 2.50 bits per heavy atom. The number of nitrogens with zero attached hydrogens (tertiary/aromatic N) is 2. The van der Waals surface area contributed by atoms with E-state index in [2.05, 4.69) is 44.7 Å². The van der Waals surface area contributed by atoms with Crippen molar-refractivity contribution in [3.8, 4) is 0 Å². The van der Waals surface area contributed by atoms with Gasteiger partial charge in [-0.15, -0.1) is 0 Å². The van der Waals surface area contributed by atoms with Crippen molar-refractivity contribution in [1.29, 1.82) is 0 Å². The van der Waals surface area contributed by atoms with Crippen molar-refractivity contribution < 1.29 is 0 Å². The molecule has 1 saturated heterocycles. The molecular formula is C13H23N3. The van der Waals surface area contributed by atoms with E-state index in [4.69, 9.17) is 5.10 Å². The summed E-state index contributed by atoms with van der Waals surface area (Å²) in [6.07, 6.45) is 2.49. The Labute approximate surface area is 98.2 Å². The maximum atomic E-state index is 4.71. The molecule has 0 aliphatic carbocycles. The number of hydrogen-bond acceptors (Lipinski definition) is 2. The Hall–Kier alpha value is -0.830. The first-order chi connectivity index (χ1) is 7.41. The second kappa shape index (κ2) is 3.88. The Bertz CT molecular complexity index is 379. The van der Waals surface area contributed by atoms with E-state index in [1.165, 1.54) is 29.8 Å². The van der Waals surface area contributed by atoms with Crippen LogP contribution >= 0.6 is 0 Å². The summed E-state index contributed by atoms with van der Waals surface area (Å²) in [6.45, 7) is 10.1. The van der Waals surface area contributed by atoms with Crippen LogP contribution < -0.4 is 5.32 Å². The predicted octanol–water partition coefficient (Wildman–Crippen LogP) is 2.45. The zero-order valence-corrected chi connectivity index (χ0v) is 11.1. The van der Waals surface area contributed by atoms with Gasteiger partial charge in [0.15, 0.2) is 0 Å². The molecular weight excluding hydrogens is 198 g/mol. The molecule has 0 aromatic carbocycles. The minimum absolute atomic E-state index is 0.169. The lowest BCUT2D eigenvalue weighted by atomic mass is 9.88. The highest BCUT2D eigenvalue weighted by molar-refractivity contribution is 5.32. The Kier molecular flexibility index (Phi) is 2.82. The maximum absolute atomic E-state index is 4.71. The van der Waals surface area contributed by atoms with E-state index in [0.29, 0.717) is 6.04 Å². The molecule has 0 radical (unpaired) electrons. The van der Waals surface area contributed by atoms with Crippen LogP contribution in [-0.4, -0.2) is 16.3 Å². The normalized spacial score (nSPS) is 21.7. The topological polar surface area (TPSA) is 29.9 Å². The molecule has 2 rings (SSSR count). The van der Waals surface area contributed by atoms with Crippen molar-refractivity contribution in [2.24, 2.45) is 7.05 Å². The quantitative estimate of drug-likeness (QED) is 0.789. The van der Waals surface area contributed by atoms with Crippen molar-refractivity contribution in [2.45, 2.75) is 52.0 Å². The molecule has 0 amide bonds. The van der Waals surface area contributed by atoms with E-state index in [1.807, 2.05) is 0 Å². The molecule has 0 spiro atoms. The van der Waals surface area contributed by atoms with Gasteiger partial charge in [-0.25, -0.2) is 0 Å². The molecule has 3 nitrogen and oxygen atoms in total. The summed E-state index contributed by atoms with van der Waals surface area (Å²) in [7, 11) is 2.06. The van der Waals surface area contributed by atoms with Crippen LogP contribution in [0.5, 0.6) is 0 Å². The molecule has 1 aliphatic heterocycles. The number of aryl methyl sites for hydroxylation is 1. The van der Waals surface area contributed by atoms with Gasteiger partial charge in [0.05, 0.1) is 11.7 Å². The second-order valence-corrected chi connectivity index (χ2v) is 5.88. The minimum Gasteiger partial charge on any atom is -0.309 e. The summed E-state index contributed by atoms with van der Waals surface area (Å²) >= 11 is 0. The molecule has 1 aromatic rings. The Morgan fingerprint density at radius 1 is 1.38 bits per heavy atom. The van der Waals surface area contributed by atoms with Crippen LogP contribution in [0.25, 0.3) is 0 Å². The summed E-state index contributed by atoms with van der Waals surface area (Å²) in [5.41, 5.74) is 4.15. The number of rotatable bonds is 1. The van der Waals surface area contributed by atoms with Crippen LogP contribution in [0.2, 0.25) is 0 Å². The number of nitrogens with one attached hydrogen (secondary N) is 1. The molecule has 1 unspecified atom stereocenters. The molecule has 1 aromatic heterocycles. The van der Waals surface area contributed by atoms with Crippen LogP contribution in [0.3, 0.4) is 0 Å². The molecule has 0 saturated carbocycles. The van der Waals surface area contributed by atoms with Crippen LogP contribution in [0, 0.1) is 6.92 Å². The number of hydrogen-bond donors (Lipinski definition) is 1. The van der Waals surface area contributed by atoms with Crippen molar-refractivity contribution in [3.63, 3.8) is 0 Å². The largest absolute Gasteiger partial charge is 0.309 e. The van der Waals surface area contributed by atoms with Crippen molar-refractivity contribution in [2.75, 3.05) is 6.54 Å². The maximum Gasteiger partial charge on any atom is 0.0826 e. The van der Waals surface area contributed by atoms with Gasteiger partial charge in [-0.2, -0.15) is 5.10 Å². The summed E-state index contributed by atoms with van der Waals surface area (Å²) in [4.78, 5) is 0. The molecule has 1 aliphatic rings. The lowest BCUT2D eigenvalue weighted by Gasteiger charge is -2.20. The van der Waals surface area contributed by atoms with E-state index in [-0.39, 0.29) is 5.41 Å². The average Bonchev–Trinajstić information content (AvgIpc) is 2.71. The fourth-order valence-corrected chi connectivity index (χ4v) is 2.95. The van der Waals surface area contributed by atoms with Gasteiger partial charge >= 0.3 is 0 Å². The van der Waals surface area contributed by atoms with Crippen LogP contribution in [-0.2, 0) is 12.5 Å². The summed E-state index contributed by atoms with van der Waals surface area (Å²) < 4.78 is 2.06. The fraction of sp³-hybridized carbons (Fsp3) is 0.769. The van der Waals surface area contributed by atoms with Gasteiger partial charge in [-0.05, 0) is 31.9 Å². The zero-order chi connectivity index (χ0) is 11.9. The second-order valence-electron chi connectivity index (χ2n) is 5.88. The summed E-state index contributed by atoms with van der Waals surface area (Å²) in [5, 5.41) is 8.24. The lowest BCUT2D eigenvalue weighted by molar-refractivity contribution is 0.518. The molecule has 90 valence electrons. The highest BCUT2D eigenvalue weighted by Crippen LogP contribution is 2.32. The van der Waals surface area contributed by atoms with E-state index in [1.54, 1.807) is 0 Å². The molecule has 2 heterocycles. The van der Waals surface area contributed by atoms with Gasteiger partial charge in [-0.1, -0.05) is 20.8 Å². The third-order valence-corrected chi connectivity index (χ3v) is 3.42. The van der Waals surface area contributed by atoms with Crippen molar-refractivity contribution >= 4 is 0 Å². The fourth-order valence-electron chi connectivity index (χ4n) is 2.95. The smallest absolute Gasteiger partial charge is 0.0826 e. The number of aromatic nitrogens is 2. The molecule has 3 heteroatoms. The highest BCUT2D eigenvalue weighted by Gasteiger charge is 2.28. The molecule has 1 atom stereocenters. The van der Waals surface area contributed by atoms with Gasteiger partial charge in [0.2, 0.25) is 0 Å². The Morgan fingerprint density at radius 2 is 2.06 bits per heavy atom. The predicted molar refractivity (Wildman–Crippen MR) is 66.6 cm³/mol. The van der Waals surface area contributed by atoms with Gasteiger partial charge in [0.25, 0.3) is 0 Å². The van der Waals surface area contributed by atoms with Gasteiger partial charge in [0, 0.05) is 18.2 Å². The van der Waals surface area contributed by atoms with E-state index in [9.17, 15) is 0 Å². The molecule has 16 heavy (non-hydrogen) atoms. The molecule has 1 N–H and O–H groups in total. The monoisotopic (exact) mass is 221 g/mol. The molecule has 1 fully saturated rings. The zero-order valence-electron chi connectivity index (χ0n) is 11.1. The summed E-state index contributed by atoms with van der Waals surface area (Å²) in [5.74, 6) is 0. The third kappa shape index (κ3) is 1.88. The average molecular weight is 221 g/mol. The first-order valence-corrected chi connectivity index (χ1v) is 6.18. The standard InChI is InChI=1S/C13H23N3/c1-9-11(10-7-6-8-14-10)15-16(5)12(9)13(2,3)4/h10,14H,6-8H2,1-5H3. The van der Waals surface area contributed by atoms with Crippen molar-refractivity contribution in [3.05, 3.63) is 17.0 Å². The van der Waals surface area contributed by atoms with Crippen molar-refractivity contribution in [1.82, 2.24) is 15.1 Å². The Balaban J connectivity index is 2.42. The first kappa shape index (κ1) is 11.6. The van der Waals surface area contributed by atoms with Gasteiger partial charge in [0.1, 0.15) is 0 Å². The van der Waals surface area contributed by atoms with E-state index < -0.39 is 0 Å². The van der Waals surface area contributed by atoms with Gasteiger partial charge < -0.3 is 5.32 Å². The van der Waals surface area contributed by atoms with Crippen LogP contribution in [0.4, 0.5) is 0 Å². The van der Waals surface area contributed by atoms with Crippen LogP contribution in [0.15, 0.2) is 0 Å². The summed E-state index contributed by atoms with van der Waals surface area (Å²) in [6, 6.07) is 0.474. The van der Waals surface area contributed by atoms with E-state index >= 15 is 0 Å². The lowest BCUT2D eigenvalue weighted by Crippen LogP contribution is -2.17. The highest BCUT2D eigenvalue weighted by atomic mass is 15.3. The SMILES string of the molecule is Cc1c(C2CCCN2)nn(C)c1C(C)(C)C. The minimum atomic E-state index is 0.169. The third-order valence-electron chi connectivity index (χ3n) is 3.42. The van der Waals surface area contributed by atoms with Crippen LogP contribution in [0.1, 0.15) is 56.6 Å². The van der Waals surface area contributed by atoms with Gasteiger partial charge in [-0.3, -0.25) is 4.68 Å².